The van der Waals surface area contributed by atoms with Gasteiger partial charge in [0, 0.05) is 0 Å². The van der Waals surface area contributed by atoms with Gasteiger partial charge in [0.1, 0.15) is 0 Å². The molecule has 0 aromatic heterocycles. The minimum absolute atomic E-state index is 0.999. The van der Waals surface area contributed by atoms with Crippen LogP contribution in [-0.4, -0.2) is 0 Å². The van der Waals surface area contributed by atoms with Gasteiger partial charge < -0.3 is 0 Å². The van der Waals surface area contributed by atoms with E-state index in [1.54, 1.807) is 0 Å². The smallest absolute Gasteiger partial charge is 0.00257 e. The van der Waals surface area contributed by atoms with Crippen LogP contribution < -0.4 is 0 Å². The Labute approximate surface area is 97.3 Å². The predicted molar refractivity (Wildman–Crippen MR) is 70.5 cm³/mol. The SMILES string of the molecule is C=Cc1ccc(Cc2ccccc2)cc1C. The normalized spacial score (nSPS) is 10.1. The average Bonchev–Trinajstić information content (AvgIpc) is 2.31. The van der Waals surface area contributed by atoms with Gasteiger partial charge in [0.2, 0.25) is 0 Å². The Morgan fingerprint density at radius 2 is 1.75 bits per heavy atom. The van der Waals surface area contributed by atoms with E-state index in [9.17, 15) is 0 Å². The van der Waals surface area contributed by atoms with Gasteiger partial charge in [-0.1, -0.05) is 61.2 Å². The predicted octanol–water partition coefficient (Wildman–Crippen LogP) is 4.23. The van der Waals surface area contributed by atoms with Crippen molar-refractivity contribution in [2.75, 3.05) is 0 Å². The van der Waals surface area contributed by atoms with E-state index in [1.807, 2.05) is 6.08 Å². The van der Waals surface area contributed by atoms with Crippen molar-refractivity contribution in [3.63, 3.8) is 0 Å². The summed E-state index contributed by atoms with van der Waals surface area (Å²) in [6, 6.07) is 17.1. The maximum Gasteiger partial charge on any atom is -0.00257 e. The fraction of sp³-hybridized carbons (Fsp3) is 0.125. The van der Waals surface area contributed by atoms with Crippen LogP contribution in [0.4, 0.5) is 0 Å². The molecule has 0 heterocycles. The van der Waals surface area contributed by atoms with E-state index in [0.717, 1.165) is 6.42 Å². The highest BCUT2D eigenvalue weighted by Gasteiger charge is 1.98. The van der Waals surface area contributed by atoms with Gasteiger partial charge in [-0.05, 0) is 35.6 Å². The lowest BCUT2D eigenvalue weighted by Gasteiger charge is -2.05. The average molecular weight is 208 g/mol. The van der Waals surface area contributed by atoms with Gasteiger partial charge in [0.15, 0.2) is 0 Å². The molecule has 0 amide bonds. The summed E-state index contributed by atoms with van der Waals surface area (Å²) in [4.78, 5) is 0. The van der Waals surface area contributed by atoms with Gasteiger partial charge in [-0.3, -0.25) is 0 Å². The van der Waals surface area contributed by atoms with Crippen LogP contribution in [0.1, 0.15) is 22.3 Å². The molecular formula is C16H16. The summed E-state index contributed by atoms with van der Waals surface area (Å²) in [5.74, 6) is 0. The molecule has 80 valence electrons. The molecule has 0 saturated heterocycles. The van der Waals surface area contributed by atoms with Crippen LogP contribution in [0.3, 0.4) is 0 Å². The topological polar surface area (TPSA) is 0 Å². The lowest BCUT2D eigenvalue weighted by atomic mass is 10.00. The van der Waals surface area contributed by atoms with Crippen molar-refractivity contribution < 1.29 is 0 Å². The zero-order valence-corrected chi connectivity index (χ0v) is 9.61. The van der Waals surface area contributed by atoms with E-state index in [1.165, 1.54) is 22.3 Å². The molecular weight excluding hydrogens is 192 g/mol. The van der Waals surface area contributed by atoms with Crippen molar-refractivity contribution >= 4 is 6.08 Å². The highest BCUT2D eigenvalue weighted by molar-refractivity contribution is 5.52. The number of rotatable bonds is 3. The Bertz CT molecular complexity index is 481. The largest absolute Gasteiger partial charge is 0.0985 e. The minimum Gasteiger partial charge on any atom is -0.0985 e. The fourth-order valence-electron chi connectivity index (χ4n) is 1.91. The van der Waals surface area contributed by atoms with Crippen LogP contribution in [0.25, 0.3) is 6.08 Å². The molecule has 0 N–H and O–H groups in total. The van der Waals surface area contributed by atoms with Crippen LogP contribution in [0, 0.1) is 6.92 Å². The number of aryl methyl sites for hydroxylation is 1. The van der Waals surface area contributed by atoms with Gasteiger partial charge >= 0.3 is 0 Å². The molecule has 0 saturated carbocycles. The third-order valence-corrected chi connectivity index (χ3v) is 2.81. The molecule has 0 aliphatic rings. The van der Waals surface area contributed by atoms with E-state index in [2.05, 4.69) is 62.0 Å². The first-order valence-corrected chi connectivity index (χ1v) is 5.55. The zero-order valence-electron chi connectivity index (χ0n) is 9.61. The number of benzene rings is 2. The maximum absolute atomic E-state index is 3.81. The summed E-state index contributed by atoms with van der Waals surface area (Å²) in [5.41, 5.74) is 5.22. The van der Waals surface area contributed by atoms with E-state index >= 15 is 0 Å². The van der Waals surface area contributed by atoms with Crippen molar-refractivity contribution in [2.24, 2.45) is 0 Å². The van der Waals surface area contributed by atoms with Crippen molar-refractivity contribution in [1.29, 1.82) is 0 Å². The summed E-state index contributed by atoms with van der Waals surface area (Å²) in [7, 11) is 0. The molecule has 0 radical (unpaired) electrons. The monoisotopic (exact) mass is 208 g/mol. The summed E-state index contributed by atoms with van der Waals surface area (Å²) in [6.07, 6.45) is 2.90. The second-order valence-corrected chi connectivity index (χ2v) is 4.06. The summed E-state index contributed by atoms with van der Waals surface area (Å²) in [6.45, 7) is 5.94. The van der Waals surface area contributed by atoms with Gasteiger partial charge in [0.05, 0.1) is 0 Å². The van der Waals surface area contributed by atoms with Gasteiger partial charge in [-0.15, -0.1) is 0 Å². The Morgan fingerprint density at radius 1 is 1.00 bits per heavy atom. The second-order valence-electron chi connectivity index (χ2n) is 4.06. The minimum atomic E-state index is 0.999. The van der Waals surface area contributed by atoms with Crippen LogP contribution >= 0.6 is 0 Å². The Morgan fingerprint density at radius 3 is 2.38 bits per heavy atom. The van der Waals surface area contributed by atoms with E-state index in [-0.39, 0.29) is 0 Å². The molecule has 0 aliphatic carbocycles. The summed E-state index contributed by atoms with van der Waals surface area (Å²) in [5, 5.41) is 0. The highest BCUT2D eigenvalue weighted by atomic mass is 14.0. The molecule has 16 heavy (non-hydrogen) atoms. The molecule has 0 heteroatoms. The van der Waals surface area contributed by atoms with Crippen molar-refractivity contribution in [1.82, 2.24) is 0 Å². The summed E-state index contributed by atoms with van der Waals surface area (Å²) < 4.78 is 0. The van der Waals surface area contributed by atoms with Crippen LogP contribution in [0.2, 0.25) is 0 Å². The van der Waals surface area contributed by atoms with Crippen molar-refractivity contribution in [2.45, 2.75) is 13.3 Å². The van der Waals surface area contributed by atoms with Crippen LogP contribution in [-0.2, 0) is 6.42 Å². The Kier molecular flexibility index (Phi) is 3.21. The molecule has 0 aliphatic heterocycles. The summed E-state index contributed by atoms with van der Waals surface area (Å²) >= 11 is 0. The van der Waals surface area contributed by atoms with E-state index < -0.39 is 0 Å². The molecule has 0 bridgehead atoms. The van der Waals surface area contributed by atoms with Crippen LogP contribution in [0.15, 0.2) is 55.1 Å². The Hall–Kier alpha value is -1.82. The van der Waals surface area contributed by atoms with E-state index in [4.69, 9.17) is 0 Å². The maximum atomic E-state index is 3.81. The fourth-order valence-corrected chi connectivity index (χ4v) is 1.91. The molecule has 0 fully saturated rings. The lowest BCUT2D eigenvalue weighted by Crippen LogP contribution is -1.90. The first kappa shape index (κ1) is 10.7. The molecule has 2 aromatic carbocycles. The molecule has 0 nitrogen and oxygen atoms in total. The molecule has 2 rings (SSSR count). The lowest BCUT2D eigenvalue weighted by molar-refractivity contribution is 1.18. The number of hydrogen-bond donors (Lipinski definition) is 0. The first-order valence-electron chi connectivity index (χ1n) is 5.55. The first-order chi connectivity index (χ1) is 7.79. The molecule has 0 spiro atoms. The second kappa shape index (κ2) is 4.80. The van der Waals surface area contributed by atoms with Gasteiger partial charge in [-0.25, -0.2) is 0 Å². The standard InChI is InChI=1S/C16H16/c1-3-16-10-9-15(11-13(16)2)12-14-7-5-4-6-8-14/h3-11H,1,12H2,2H3. The van der Waals surface area contributed by atoms with Crippen molar-refractivity contribution in [3.8, 4) is 0 Å². The molecule has 0 atom stereocenters. The Balaban J connectivity index is 2.23. The van der Waals surface area contributed by atoms with Crippen molar-refractivity contribution in [3.05, 3.63) is 77.4 Å². The van der Waals surface area contributed by atoms with Gasteiger partial charge in [-0.2, -0.15) is 0 Å². The van der Waals surface area contributed by atoms with Crippen LogP contribution in [0.5, 0.6) is 0 Å². The quantitative estimate of drug-likeness (QED) is 0.708. The highest BCUT2D eigenvalue weighted by Crippen LogP contribution is 2.15. The third kappa shape index (κ3) is 2.40. The van der Waals surface area contributed by atoms with E-state index in [0.29, 0.717) is 0 Å². The van der Waals surface area contributed by atoms with Gasteiger partial charge in [0.25, 0.3) is 0 Å². The molecule has 0 unspecified atom stereocenters. The molecule has 2 aromatic rings. The zero-order chi connectivity index (χ0) is 11.4. The third-order valence-electron chi connectivity index (χ3n) is 2.81. The number of hydrogen-bond acceptors (Lipinski definition) is 0.